The lowest BCUT2D eigenvalue weighted by Crippen LogP contribution is -2.33. The average Bonchev–Trinajstić information content (AvgIpc) is 2.86. The van der Waals surface area contributed by atoms with Crippen LogP contribution in [0.1, 0.15) is 11.7 Å². The zero-order chi connectivity index (χ0) is 11.7. The maximum Gasteiger partial charge on any atom is 0.133 e. The normalized spacial score (nSPS) is 20.6. The predicted molar refractivity (Wildman–Crippen MR) is 69.9 cm³/mol. The second kappa shape index (κ2) is 4.64. The van der Waals surface area contributed by atoms with Gasteiger partial charge in [0.25, 0.3) is 0 Å². The van der Waals surface area contributed by atoms with Crippen molar-refractivity contribution in [2.45, 2.75) is 6.10 Å². The second-order valence-electron chi connectivity index (χ2n) is 4.08. The van der Waals surface area contributed by atoms with Gasteiger partial charge < -0.3 is 14.8 Å². The molecule has 90 valence electrons. The molecule has 1 fully saturated rings. The number of ether oxygens (including phenoxy) is 2. The van der Waals surface area contributed by atoms with Crippen LogP contribution in [0.5, 0.6) is 5.75 Å². The van der Waals surface area contributed by atoms with Crippen LogP contribution in [-0.2, 0) is 4.74 Å². The van der Waals surface area contributed by atoms with E-state index in [1.54, 1.807) is 18.4 Å². The first kappa shape index (κ1) is 11.0. The Morgan fingerprint density at radius 3 is 3.12 bits per heavy atom. The molecule has 0 amide bonds. The molecule has 0 bridgehead atoms. The number of hydrogen-bond acceptors (Lipinski definition) is 4. The van der Waals surface area contributed by atoms with Gasteiger partial charge in [-0.25, -0.2) is 0 Å². The molecule has 0 radical (unpaired) electrons. The molecule has 2 aromatic rings. The van der Waals surface area contributed by atoms with E-state index in [0.717, 1.165) is 31.0 Å². The number of nitrogens with one attached hydrogen (secondary N) is 1. The molecule has 1 aliphatic rings. The number of fused-ring (bicyclic) bond motifs is 1. The average molecular weight is 249 g/mol. The number of hydrogen-bond donors (Lipinski definition) is 1. The summed E-state index contributed by atoms with van der Waals surface area (Å²) in [5.74, 6) is 0.956. The van der Waals surface area contributed by atoms with E-state index in [0.29, 0.717) is 0 Å². The van der Waals surface area contributed by atoms with E-state index in [1.807, 2.05) is 0 Å². The molecule has 1 saturated heterocycles. The quantitative estimate of drug-likeness (QED) is 0.887. The molecule has 0 saturated carbocycles. The Morgan fingerprint density at radius 1 is 1.41 bits per heavy atom. The lowest BCUT2D eigenvalue weighted by Gasteiger charge is -2.25. The third-order valence-corrected chi connectivity index (χ3v) is 3.98. The summed E-state index contributed by atoms with van der Waals surface area (Å²) in [5, 5.41) is 6.63. The van der Waals surface area contributed by atoms with Crippen molar-refractivity contribution in [3.8, 4) is 5.75 Å². The van der Waals surface area contributed by atoms with Crippen molar-refractivity contribution >= 4 is 21.4 Å². The van der Waals surface area contributed by atoms with E-state index in [4.69, 9.17) is 9.47 Å². The molecule has 1 aromatic carbocycles. The van der Waals surface area contributed by atoms with Gasteiger partial charge >= 0.3 is 0 Å². The van der Waals surface area contributed by atoms with Crippen molar-refractivity contribution in [1.82, 2.24) is 5.32 Å². The van der Waals surface area contributed by atoms with E-state index in [1.165, 1.54) is 10.1 Å². The van der Waals surface area contributed by atoms with Crippen molar-refractivity contribution in [3.05, 3.63) is 29.1 Å². The summed E-state index contributed by atoms with van der Waals surface area (Å²) >= 11 is 1.74. The fourth-order valence-electron chi connectivity index (χ4n) is 2.28. The van der Waals surface area contributed by atoms with Gasteiger partial charge in [-0.2, -0.15) is 0 Å². The molecule has 0 aliphatic carbocycles. The predicted octanol–water partition coefficient (Wildman–Crippen LogP) is 2.57. The highest BCUT2D eigenvalue weighted by Gasteiger charge is 2.21. The molecule has 0 spiro atoms. The summed E-state index contributed by atoms with van der Waals surface area (Å²) in [7, 11) is 1.73. The van der Waals surface area contributed by atoms with Crippen LogP contribution in [0.4, 0.5) is 0 Å². The molecule has 2 heterocycles. The Hall–Kier alpha value is -1.10. The number of rotatable bonds is 2. The van der Waals surface area contributed by atoms with Crippen LogP contribution in [0.25, 0.3) is 10.1 Å². The number of morpholine rings is 1. The minimum absolute atomic E-state index is 0.1000. The second-order valence-corrected chi connectivity index (χ2v) is 5.03. The Morgan fingerprint density at radius 2 is 2.35 bits per heavy atom. The minimum Gasteiger partial charge on any atom is -0.496 e. The van der Waals surface area contributed by atoms with Crippen LogP contribution < -0.4 is 10.1 Å². The highest BCUT2D eigenvalue weighted by molar-refractivity contribution is 7.17. The zero-order valence-corrected chi connectivity index (χ0v) is 10.5. The van der Waals surface area contributed by atoms with Gasteiger partial charge in [0, 0.05) is 28.7 Å². The first-order valence-electron chi connectivity index (χ1n) is 5.76. The van der Waals surface area contributed by atoms with Crippen molar-refractivity contribution in [1.29, 1.82) is 0 Å². The Kier molecular flexibility index (Phi) is 3.01. The lowest BCUT2D eigenvalue weighted by molar-refractivity contribution is 0.0264. The summed E-state index contributed by atoms with van der Waals surface area (Å²) in [6, 6.07) is 6.38. The monoisotopic (exact) mass is 249 g/mol. The molecular weight excluding hydrogens is 234 g/mol. The summed E-state index contributed by atoms with van der Waals surface area (Å²) < 4.78 is 12.6. The highest BCUT2D eigenvalue weighted by Crippen LogP contribution is 2.37. The summed E-state index contributed by atoms with van der Waals surface area (Å²) in [4.78, 5) is 0. The van der Waals surface area contributed by atoms with E-state index < -0.39 is 0 Å². The summed E-state index contributed by atoms with van der Waals surface area (Å²) in [5.41, 5.74) is 1.14. The SMILES string of the molecule is COc1c(C2CNCCO2)ccc2sccc12. The van der Waals surface area contributed by atoms with Gasteiger partial charge in [0.05, 0.1) is 19.8 Å². The third kappa shape index (κ3) is 1.92. The smallest absolute Gasteiger partial charge is 0.133 e. The van der Waals surface area contributed by atoms with Crippen molar-refractivity contribution < 1.29 is 9.47 Å². The maximum atomic E-state index is 5.79. The molecule has 3 rings (SSSR count). The standard InChI is InChI=1S/C13H15NO2S/c1-15-13-9(11-8-14-5-6-16-11)2-3-12-10(13)4-7-17-12/h2-4,7,11,14H,5-6,8H2,1H3. The molecule has 1 aliphatic heterocycles. The first-order chi connectivity index (χ1) is 8.40. The Bertz CT molecular complexity index is 517. The fourth-order valence-corrected chi connectivity index (χ4v) is 3.07. The topological polar surface area (TPSA) is 30.5 Å². The van der Waals surface area contributed by atoms with Gasteiger partial charge in [-0.05, 0) is 17.5 Å². The van der Waals surface area contributed by atoms with E-state index >= 15 is 0 Å². The molecule has 1 atom stereocenters. The Labute approximate surface area is 104 Å². The molecule has 17 heavy (non-hydrogen) atoms. The maximum absolute atomic E-state index is 5.79. The van der Waals surface area contributed by atoms with Crippen LogP contribution >= 0.6 is 11.3 Å². The zero-order valence-electron chi connectivity index (χ0n) is 9.73. The van der Waals surface area contributed by atoms with Crippen LogP contribution in [0, 0.1) is 0 Å². The summed E-state index contributed by atoms with van der Waals surface area (Å²) in [6.45, 7) is 2.54. The van der Waals surface area contributed by atoms with Crippen molar-refractivity contribution in [2.75, 3.05) is 26.8 Å². The molecule has 1 unspecified atom stereocenters. The molecule has 4 heteroatoms. The molecular formula is C13H15NO2S. The van der Waals surface area contributed by atoms with Crippen LogP contribution in [0.3, 0.4) is 0 Å². The third-order valence-electron chi connectivity index (χ3n) is 3.09. The van der Waals surface area contributed by atoms with E-state index in [2.05, 4.69) is 28.9 Å². The van der Waals surface area contributed by atoms with Crippen molar-refractivity contribution in [3.63, 3.8) is 0 Å². The van der Waals surface area contributed by atoms with Gasteiger partial charge in [-0.15, -0.1) is 11.3 Å². The largest absolute Gasteiger partial charge is 0.496 e. The van der Waals surface area contributed by atoms with Gasteiger partial charge in [0.15, 0.2) is 0 Å². The van der Waals surface area contributed by atoms with Crippen molar-refractivity contribution in [2.24, 2.45) is 0 Å². The fraction of sp³-hybridized carbons (Fsp3) is 0.385. The molecule has 3 nitrogen and oxygen atoms in total. The molecule has 1 aromatic heterocycles. The summed E-state index contributed by atoms with van der Waals surface area (Å²) in [6.07, 6.45) is 0.1000. The number of thiophene rings is 1. The number of methoxy groups -OCH3 is 1. The minimum atomic E-state index is 0.1000. The first-order valence-corrected chi connectivity index (χ1v) is 6.64. The highest BCUT2D eigenvalue weighted by atomic mass is 32.1. The van der Waals surface area contributed by atoms with Gasteiger partial charge in [-0.3, -0.25) is 0 Å². The van der Waals surface area contributed by atoms with Crippen LogP contribution in [0.2, 0.25) is 0 Å². The van der Waals surface area contributed by atoms with Crippen LogP contribution in [0.15, 0.2) is 23.6 Å². The number of benzene rings is 1. The van der Waals surface area contributed by atoms with E-state index in [9.17, 15) is 0 Å². The molecule has 1 N–H and O–H groups in total. The van der Waals surface area contributed by atoms with Crippen LogP contribution in [-0.4, -0.2) is 26.8 Å². The van der Waals surface area contributed by atoms with Gasteiger partial charge in [0.2, 0.25) is 0 Å². The Balaban J connectivity index is 2.07. The lowest BCUT2D eigenvalue weighted by atomic mass is 10.0. The van der Waals surface area contributed by atoms with Gasteiger partial charge in [0.1, 0.15) is 5.75 Å². The van der Waals surface area contributed by atoms with Gasteiger partial charge in [-0.1, -0.05) is 6.07 Å². The van der Waals surface area contributed by atoms with E-state index in [-0.39, 0.29) is 6.10 Å².